The van der Waals surface area contributed by atoms with Crippen LogP contribution in [-0.4, -0.2) is 69.4 Å². The molecule has 0 aliphatic rings. The number of esters is 1. The topological polar surface area (TPSA) is 114 Å². The Labute approximate surface area is 445 Å². The molecule has 0 aromatic heterocycles. The maximum Gasteiger partial charge on any atom is 0.306 e. The Hall–Kier alpha value is -2.29. The SMILES string of the molecule is CCCCC/C=C\C/C=C\C/C=C\C/C=C\CCCCCC(=O)NC(COP(=O)([O-])OCC[N+](C)(C)C)C(/C=C/CCCCCCCCCCCC)OC(=O)CCCCCCCCCCCCCCCCC. The Morgan fingerprint density at radius 1 is 0.486 bits per heavy atom. The first-order valence-corrected chi connectivity index (χ1v) is 31.6. The first kappa shape index (κ1) is 69.7. The van der Waals surface area contributed by atoms with Crippen molar-refractivity contribution in [2.75, 3.05) is 40.9 Å². The third-order valence-corrected chi connectivity index (χ3v) is 14.2. The molecule has 0 saturated carbocycles. The zero-order valence-corrected chi connectivity index (χ0v) is 48.8. The molecule has 0 aliphatic heterocycles. The maximum atomic E-state index is 13.5. The number of phosphoric ester groups is 1. The van der Waals surface area contributed by atoms with Crippen molar-refractivity contribution in [3.8, 4) is 0 Å². The van der Waals surface area contributed by atoms with Crippen LogP contribution in [0.25, 0.3) is 0 Å². The van der Waals surface area contributed by atoms with E-state index in [4.69, 9.17) is 13.8 Å². The van der Waals surface area contributed by atoms with Gasteiger partial charge in [-0.2, -0.15) is 0 Å². The molecule has 3 atom stereocenters. The van der Waals surface area contributed by atoms with E-state index < -0.39 is 26.6 Å². The molecule has 0 bridgehead atoms. The van der Waals surface area contributed by atoms with Gasteiger partial charge in [-0.15, -0.1) is 0 Å². The molecule has 0 radical (unpaired) electrons. The van der Waals surface area contributed by atoms with E-state index in [1.807, 2.05) is 33.3 Å². The number of allylic oxidation sites excluding steroid dienone is 9. The number of hydrogen-bond acceptors (Lipinski definition) is 7. The van der Waals surface area contributed by atoms with Gasteiger partial charge in [0.05, 0.1) is 33.8 Å². The normalized spacial score (nSPS) is 14.2. The highest BCUT2D eigenvalue weighted by molar-refractivity contribution is 7.45. The summed E-state index contributed by atoms with van der Waals surface area (Å²) in [6, 6.07) is -0.903. The molecule has 0 rings (SSSR count). The van der Waals surface area contributed by atoms with Crippen LogP contribution in [0.5, 0.6) is 0 Å². The van der Waals surface area contributed by atoms with Gasteiger partial charge >= 0.3 is 5.97 Å². The van der Waals surface area contributed by atoms with E-state index in [9.17, 15) is 19.0 Å². The second-order valence-electron chi connectivity index (χ2n) is 21.5. The molecule has 0 aromatic rings. The Kier molecular flexibility index (Phi) is 50.5. The summed E-state index contributed by atoms with van der Waals surface area (Å²) in [7, 11) is 1.16. The minimum atomic E-state index is -4.70. The Morgan fingerprint density at radius 2 is 0.847 bits per heavy atom. The largest absolute Gasteiger partial charge is 0.756 e. The molecule has 72 heavy (non-hydrogen) atoms. The highest BCUT2D eigenvalue weighted by Crippen LogP contribution is 2.38. The Morgan fingerprint density at radius 3 is 1.31 bits per heavy atom. The molecule has 0 aliphatic carbocycles. The van der Waals surface area contributed by atoms with Crippen molar-refractivity contribution in [3.63, 3.8) is 0 Å². The predicted octanol–water partition coefficient (Wildman–Crippen LogP) is 17.6. The minimum Gasteiger partial charge on any atom is -0.756 e. The van der Waals surface area contributed by atoms with Crippen LogP contribution in [0.1, 0.15) is 271 Å². The van der Waals surface area contributed by atoms with Crippen molar-refractivity contribution in [2.45, 2.75) is 283 Å². The Balaban J connectivity index is 5.35. The average molecular weight is 1030 g/mol. The van der Waals surface area contributed by atoms with Crippen molar-refractivity contribution >= 4 is 19.7 Å². The van der Waals surface area contributed by atoms with Gasteiger partial charge in [-0.1, -0.05) is 242 Å². The lowest BCUT2D eigenvalue weighted by atomic mass is 10.0. The smallest absolute Gasteiger partial charge is 0.306 e. The second kappa shape index (κ2) is 52.2. The molecular weight excluding hydrogens is 916 g/mol. The number of amides is 1. The maximum absolute atomic E-state index is 13.5. The van der Waals surface area contributed by atoms with Crippen LogP contribution < -0.4 is 10.2 Å². The van der Waals surface area contributed by atoms with Gasteiger partial charge in [-0.3, -0.25) is 14.2 Å². The van der Waals surface area contributed by atoms with Crippen molar-refractivity contribution in [3.05, 3.63) is 60.8 Å². The fourth-order valence-electron chi connectivity index (χ4n) is 8.51. The summed E-state index contributed by atoms with van der Waals surface area (Å²) < 4.78 is 30.3. The van der Waals surface area contributed by atoms with E-state index in [1.165, 1.54) is 154 Å². The minimum absolute atomic E-state index is 0.0290. The summed E-state index contributed by atoms with van der Waals surface area (Å²) in [5.74, 6) is -0.571. The zero-order chi connectivity index (χ0) is 52.9. The number of hydrogen-bond donors (Lipinski definition) is 1. The van der Waals surface area contributed by atoms with E-state index in [-0.39, 0.29) is 31.3 Å². The van der Waals surface area contributed by atoms with Crippen LogP contribution in [0.4, 0.5) is 0 Å². The third-order valence-electron chi connectivity index (χ3n) is 13.2. The van der Waals surface area contributed by atoms with E-state index in [0.29, 0.717) is 17.4 Å². The molecule has 10 heteroatoms. The van der Waals surface area contributed by atoms with Crippen molar-refractivity contribution < 1.29 is 37.3 Å². The van der Waals surface area contributed by atoms with Gasteiger partial charge in [0, 0.05) is 12.8 Å². The summed E-state index contributed by atoms with van der Waals surface area (Å²) >= 11 is 0. The van der Waals surface area contributed by atoms with Gasteiger partial charge in [0.1, 0.15) is 19.3 Å². The van der Waals surface area contributed by atoms with Gasteiger partial charge in [0.2, 0.25) is 5.91 Å². The number of carbonyl (C=O) groups excluding carboxylic acids is 2. The van der Waals surface area contributed by atoms with E-state index >= 15 is 0 Å². The van der Waals surface area contributed by atoms with Crippen LogP contribution >= 0.6 is 7.82 Å². The molecule has 0 saturated heterocycles. The second-order valence-corrected chi connectivity index (χ2v) is 22.9. The summed E-state index contributed by atoms with van der Waals surface area (Å²) in [6.45, 7) is 6.80. The van der Waals surface area contributed by atoms with Crippen molar-refractivity contribution in [1.29, 1.82) is 0 Å². The van der Waals surface area contributed by atoms with Crippen molar-refractivity contribution in [1.82, 2.24) is 5.32 Å². The molecule has 1 amide bonds. The Bertz CT molecular complexity index is 1420. The summed E-state index contributed by atoms with van der Waals surface area (Å²) in [5.41, 5.74) is 0. The number of likely N-dealkylation sites (N-methyl/N-ethyl adjacent to an activating group) is 1. The van der Waals surface area contributed by atoms with Gasteiger partial charge in [0.25, 0.3) is 7.82 Å². The fraction of sp³-hybridized carbons (Fsp3) is 0.806. The number of rotatable bonds is 54. The average Bonchev–Trinajstić information content (AvgIpc) is 3.34. The first-order chi connectivity index (χ1) is 34.9. The van der Waals surface area contributed by atoms with Gasteiger partial charge < -0.3 is 28.5 Å². The number of carbonyl (C=O) groups is 2. The van der Waals surface area contributed by atoms with E-state index in [1.54, 1.807) is 0 Å². The monoisotopic (exact) mass is 1030 g/mol. The van der Waals surface area contributed by atoms with Crippen LogP contribution in [0, 0.1) is 0 Å². The highest BCUT2D eigenvalue weighted by Gasteiger charge is 2.27. The molecule has 420 valence electrons. The molecule has 1 N–H and O–H groups in total. The molecule has 0 fully saturated rings. The summed E-state index contributed by atoms with van der Waals surface area (Å²) in [4.78, 5) is 39.9. The van der Waals surface area contributed by atoms with Crippen LogP contribution in [-0.2, 0) is 27.9 Å². The molecular formula is C62H115N2O7P. The summed E-state index contributed by atoms with van der Waals surface area (Å²) in [6.07, 6.45) is 64.7. The lowest BCUT2D eigenvalue weighted by molar-refractivity contribution is -0.870. The van der Waals surface area contributed by atoms with Gasteiger partial charge in [-0.05, 0) is 76.7 Å². The van der Waals surface area contributed by atoms with E-state index in [2.05, 4.69) is 74.7 Å². The number of unbranched alkanes of at least 4 members (excludes halogenated alkanes) is 30. The third kappa shape index (κ3) is 52.6. The number of phosphoric acid groups is 1. The molecule has 0 spiro atoms. The molecule has 0 heterocycles. The van der Waals surface area contributed by atoms with Crippen LogP contribution in [0.2, 0.25) is 0 Å². The number of nitrogens with zero attached hydrogens (tertiary/aromatic N) is 1. The van der Waals surface area contributed by atoms with E-state index in [0.717, 1.165) is 77.0 Å². The number of ether oxygens (including phenoxy) is 1. The highest BCUT2D eigenvalue weighted by atomic mass is 31.2. The van der Waals surface area contributed by atoms with Gasteiger partial charge in [0.15, 0.2) is 0 Å². The van der Waals surface area contributed by atoms with Crippen molar-refractivity contribution in [2.24, 2.45) is 0 Å². The fourth-order valence-corrected chi connectivity index (χ4v) is 9.23. The number of quaternary nitrogens is 1. The predicted molar refractivity (Wildman–Crippen MR) is 307 cm³/mol. The molecule has 3 unspecified atom stereocenters. The van der Waals surface area contributed by atoms with Gasteiger partial charge in [-0.25, -0.2) is 0 Å². The molecule has 0 aromatic carbocycles. The first-order valence-electron chi connectivity index (χ1n) is 30.1. The quantitative estimate of drug-likeness (QED) is 0.0212. The zero-order valence-electron chi connectivity index (χ0n) is 47.9. The van der Waals surface area contributed by atoms with Crippen LogP contribution in [0.15, 0.2) is 60.8 Å². The number of nitrogens with one attached hydrogen (secondary N) is 1. The molecule has 9 nitrogen and oxygen atoms in total. The lowest BCUT2D eigenvalue weighted by Gasteiger charge is -2.30. The summed E-state index contributed by atoms with van der Waals surface area (Å²) in [5, 5.41) is 3.01. The standard InChI is InChI=1S/C62H115N2O7P/c1-7-10-13-16-19-22-25-28-30-31-32-33-35-36-39-42-45-48-51-54-61(65)63-59(58-70-72(67,68)69-57-56-64(4,5)6)60(53-50-47-44-41-38-27-24-21-18-15-12-9-3)71-62(66)55-52-49-46-43-40-37-34-29-26-23-20-17-14-11-8-2/h19,22,28,30,32-33,36,39,50,53,59-60H,7-18,20-21,23-27,29,31,34-35,37-38,40-49,51-52,54-58H2,1-6H3,(H-,63,65,67,68)/b22-19-,30-28-,33-32-,39-36-,53-50+. The lowest BCUT2D eigenvalue weighted by Crippen LogP contribution is -2.47. The van der Waals surface area contributed by atoms with Crippen LogP contribution in [0.3, 0.4) is 0 Å².